The van der Waals surface area contributed by atoms with Gasteiger partial charge in [0.05, 0.1) is 0 Å². The molecule has 1 aromatic heterocycles. The highest BCUT2D eigenvalue weighted by Gasteiger charge is 2.39. The van der Waals surface area contributed by atoms with E-state index in [-0.39, 0.29) is 5.56 Å². The maximum absolute atomic E-state index is 12.3. The van der Waals surface area contributed by atoms with Crippen LogP contribution >= 0.6 is 0 Å². The van der Waals surface area contributed by atoms with E-state index in [2.05, 4.69) is 0 Å². The maximum Gasteiger partial charge on any atom is 0.454 e. The molecule has 0 unspecified atom stereocenters. The van der Waals surface area contributed by atoms with Crippen LogP contribution in [0.15, 0.2) is 47.4 Å². The van der Waals surface area contributed by atoms with Crippen molar-refractivity contribution in [3.63, 3.8) is 0 Å². The maximum atomic E-state index is 12.3. The van der Waals surface area contributed by atoms with Gasteiger partial charge in [-0.15, -0.1) is 0 Å². The van der Waals surface area contributed by atoms with Crippen LogP contribution in [-0.4, -0.2) is 16.5 Å². The van der Waals surface area contributed by atoms with E-state index >= 15 is 0 Å². The van der Waals surface area contributed by atoms with Gasteiger partial charge in [-0.1, -0.05) is 6.07 Å². The smallest absolute Gasteiger partial charge is 0.284 e. The topological polar surface area (TPSA) is 39.1 Å². The quantitative estimate of drug-likeness (QED) is 0.794. The molecule has 0 fully saturated rings. The fourth-order valence-electron chi connectivity index (χ4n) is 1.73. The summed E-state index contributed by atoms with van der Waals surface area (Å²) < 4.78 is 38.1. The van der Waals surface area contributed by atoms with Gasteiger partial charge in [-0.05, 0) is 36.8 Å². The second-order valence-electron chi connectivity index (χ2n) is 4.29. The number of Topliss-reactive ketones (excluding diaryl/α,β-unsaturated/α-hetero) is 1. The molecule has 0 aliphatic heterocycles. The minimum absolute atomic E-state index is 0.300. The van der Waals surface area contributed by atoms with Gasteiger partial charge in [-0.2, -0.15) is 13.2 Å². The predicted molar refractivity (Wildman–Crippen MR) is 67.2 cm³/mol. The SMILES string of the molecule is Cc1ccc(=O)n(-c2ccc(C(=O)C(F)(F)F)cc2)c1. The number of carbonyl (C=O) groups is 1. The number of hydrogen-bond donors (Lipinski definition) is 0. The first-order valence-corrected chi connectivity index (χ1v) is 5.70. The molecule has 20 heavy (non-hydrogen) atoms. The lowest BCUT2D eigenvalue weighted by Crippen LogP contribution is -2.23. The number of alkyl halides is 3. The van der Waals surface area contributed by atoms with Crippen molar-refractivity contribution in [1.82, 2.24) is 4.57 Å². The summed E-state index contributed by atoms with van der Waals surface area (Å²) in [5.74, 6) is -1.90. The fraction of sp³-hybridized carbons (Fsp3) is 0.143. The minimum atomic E-state index is -4.90. The zero-order valence-electron chi connectivity index (χ0n) is 10.4. The molecule has 1 aromatic carbocycles. The van der Waals surface area contributed by atoms with E-state index in [1.165, 1.54) is 22.8 Å². The average Bonchev–Trinajstić information content (AvgIpc) is 2.40. The van der Waals surface area contributed by atoms with E-state index in [9.17, 15) is 22.8 Å². The third kappa shape index (κ3) is 2.79. The van der Waals surface area contributed by atoms with Crippen molar-refractivity contribution < 1.29 is 18.0 Å². The van der Waals surface area contributed by atoms with E-state index in [1.807, 2.05) is 0 Å². The first-order valence-electron chi connectivity index (χ1n) is 5.70. The summed E-state index contributed by atoms with van der Waals surface area (Å²) in [5.41, 5.74) is 0.477. The van der Waals surface area contributed by atoms with Crippen molar-refractivity contribution in [3.05, 3.63) is 64.1 Å². The Morgan fingerprint density at radius 3 is 2.20 bits per heavy atom. The highest BCUT2D eigenvalue weighted by molar-refractivity contribution is 6.00. The van der Waals surface area contributed by atoms with Crippen LogP contribution in [0, 0.1) is 6.92 Å². The largest absolute Gasteiger partial charge is 0.454 e. The molecule has 2 rings (SSSR count). The van der Waals surface area contributed by atoms with Crippen LogP contribution in [0.1, 0.15) is 15.9 Å². The van der Waals surface area contributed by atoms with Gasteiger partial charge in [0.1, 0.15) is 0 Å². The number of halogens is 3. The Bertz CT molecular complexity index is 700. The van der Waals surface area contributed by atoms with Crippen LogP contribution in [0.4, 0.5) is 13.2 Å². The Labute approximate surface area is 112 Å². The first-order chi connectivity index (χ1) is 9.29. The Morgan fingerprint density at radius 1 is 1.05 bits per heavy atom. The number of carbonyl (C=O) groups excluding carboxylic acids is 1. The Morgan fingerprint density at radius 2 is 1.65 bits per heavy atom. The molecule has 0 aliphatic carbocycles. The number of rotatable bonds is 2. The number of nitrogens with zero attached hydrogens (tertiary/aromatic N) is 1. The summed E-state index contributed by atoms with van der Waals surface area (Å²) in [7, 11) is 0. The normalized spacial score (nSPS) is 11.4. The summed E-state index contributed by atoms with van der Waals surface area (Å²) in [6.45, 7) is 1.79. The van der Waals surface area contributed by atoms with E-state index in [0.29, 0.717) is 5.69 Å². The first kappa shape index (κ1) is 14.0. The van der Waals surface area contributed by atoms with E-state index < -0.39 is 17.5 Å². The second kappa shape index (κ2) is 4.96. The van der Waals surface area contributed by atoms with Crippen molar-refractivity contribution in [1.29, 1.82) is 0 Å². The molecule has 0 saturated heterocycles. The van der Waals surface area contributed by atoms with Gasteiger partial charge in [0, 0.05) is 23.5 Å². The summed E-state index contributed by atoms with van der Waals surface area (Å²) in [4.78, 5) is 22.7. The molecule has 0 N–H and O–H groups in total. The third-order valence-corrected chi connectivity index (χ3v) is 2.72. The van der Waals surface area contributed by atoms with Crippen LogP contribution in [0.25, 0.3) is 5.69 Å². The summed E-state index contributed by atoms with van der Waals surface area (Å²) >= 11 is 0. The lowest BCUT2D eigenvalue weighted by atomic mass is 10.1. The molecule has 0 spiro atoms. The van der Waals surface area contributed by atoms with Gasteiger partial charge in [0.15, 0.2) is 0 Å². The Balaban J connectivity index is 2.41. The van der Waals surface area contributed by atoms with Gasteiger partial charge in [0.25, 0.3) is 11.3 Å². The lowest BCUT2D eigenvalue weighted by molar-refractivity contribution is -0.0885. The summed E-state index contributed by atoms with van der Waals surface area (Å²) in [6, 6.07) is 7.73. The summed E-state index contributed by atoms with van der Waals surface area (Å²) in [5, 5.41) is 0. The third-order valence-electron chi connectivity index (χ3n) is 2.72. The van der Waals surface area contributed by atoms with Gasteiger partial charge >= 0.3 is 6.18 Å². The second-order valence-corrected chi connectivity index (χ2v) is 4.29. The highest BCUT2D eigenvalue weighted by atomic mass is 19.4. The minimum Gasteiger partial charge on any atom is -0.284 e. The highest BCUT2D eigenvalue weighted by Crippen LogP contribution is 2.22. The summed E-state index contributed by atoms with van der Waals surface area (Å²) in [6.07, 6.45) is -3.33. The van der Waals surface area contributed by atoms with Gasteiger partial charge in [0.2, 0.25) is 0 Å². The van der Waals surface area contributed by atoms with Crippen LogP contribution < -0.4 is 5.56 Å². The standard InChI is InChI=1S/C14H10F3NO2/c1-9-2-7-12(19)18(8-9)11-5-3-10(4-6-11)13(20)14(15,16)17/h2-8H,1H3. The van der Waals surface area contributed by atoms with E-state index in [0.717, 1.165) is 17.7 Å². The molecule has 6 heteroatoms. The zero-order valence-corrected chi connectivity index (χ0v) is 10.4. The number of benzene rings is 1. The Kier molecular flexibility index (Phi) is 3.48. The number of aromatic nitrogens is 1. The molecular formula is C14H10F3NO2. The molecular weight excluding hydrogens is 271 g/mol. The number of pyridine rings is 1. The molecule has 2 aromatic rings. The van der Waals surface area contributed by atoms with Crippen molar-refractivity contribution in [2.24, 2.45) is 0 Å². The molecule has 0 aliphatic rings. The monoisotopic (exact) mass is 281 g/mol. The van der Waals surface area contributed by atoms with Crippen molar-refractivity contribution in [2.45, 2.75) is 13.1 Å². The Hall–Kier alpha value is -2.37. The zero-order chi connectivity index (χ0) is 14.9. The number of hydrogen-bond acceptors (Lipinski definition) is 2. The number of ketones is 1. The van der Waals surface area contributed by atoms with Gasteiger partial charge < -0.3 is 0 Å². The van der Waals surface area contributed by atoms with Crippen molar-refractivity contribution in [3.8, 4) is 5.69 Å². The predicted octanol–water partition coefficient (Wildman–Crippen LogP) is 2.89. The van der Waals surface area contributed by atoms with E-state index in [4.69, 9.17) is 0 Å². The van der Waals surface area contributed by atoms with Crippen LogP contribution in [0.3, 0.4) is 0 Å². The molecule has 3 nitrogen and oxygen atoms in total. The average molecular weight is 281 g/mol. The van der Waals surface area contributed by atoms with Crippen LogP contribution in [0.5, 0.6) is 0 Å². The van der Waals surface area contributed by atoms with Gasteiger partial charge in [-0.3, -0.25) is 14.2 Å². The molecule has 0 atom stereocenters. The fourth-order valence-corrected chi connectivity index (χ4v) is 1.73. The van der Waals surface area contributed by atoms with Gasteiger partial charge in [-0.25, -0.2) is 0 Å². The lowest BCUT2D eigenvalue weighted by Gasteiger charge is -2.08. The van der Waals surface area contributed by atoms with E-state index in [1.54, 1.807) is 19.2 Å². The molecule has 0 bridgehead atoms. The number of aryl methyl sites for hydroxylation is 1. The molecule has 0 amide bonds. The molecule has 1 heterocycles. The molecule has 0 saturated carbocycles. The molecule has 104 valence electrons. The van der Waals surface area contributed by atoms with Crippen molar-refractivity contribution >= 4 is 5.78 Å². The van der Waals surface area contributed by atoms with Crippen LogP contribution in [0.2, 0.25) is 0 Å². The molecule has 0 radical (unpaired) electrons. The van der Waals surface area contributed by atoms with Crippen molar-refractivity contribution in [2.75, 3.05) is 0 Å². The van der Waals surface area contributed by atoms with Crippen LogP contribution in [-0.2, 0) is 0 Å².